The van der Waals surface area contributed by atoms with E-state index in [-0.39, 0.29) is 17.2 Å². The fraction of sp³-hybridized carbons (Fsp3) is 0.647. The highest BCUT2D eigenvalue weighted by Crippen LogP contribution is 2.41. The maximum atomic E-state index is 12.6. The molecule has 3 heterocycles. The van der Waals surface area contributed by atoms with Crippen molar-refractivity contribution in [3.8, 4) is 0 Å². The van der Waals surface area contributed by atoms with Gasteiger partial charge in [-0.15, -0.1) is 0 Å². The molecule has 0 unspecified atom stereocenters. The number of carbonyl (C=O) groups excluding carboxylic acids is 2. The first kappa shape index (κ1) is 17.4. The quantitative estimate of drug-likeness (QED) is 0.869. The summed E-state index contributed by atoms with van der Waals surface area (Å²) in [6.45, 7) is 3.26. The molecule has 2 fully saturated rings. The van der Waals surface area contributed by atoms with E-state index in [4.69, 9.17) is 0 Å². The van der Waals surface area contributed by atoms with E-state index in [0.29, 0.717) is 31.7 Å². The SMILES string of the molecule is C[C@H](C(=O)O)N1CC2(CCC1=O)CCN(C(=O)c1ccnn1C)CC2. The molecule has 0 saturated carbocycles. The number of aliphatic carboxylic acids is 1. The van der Waals surface area contributed by atoms with Crippen LogP contribution < -0.4 is 0 Å². The third-order valence-corrected chi connectivity index (χ3v) is 5.67. The molecule has 0 aliphatic carbocycles. The van der Waals surface area contributed by atoms with E-state index in [2.05, 4.69) is 5.10 Å². The molecular formula is C17H24N4O4. The number of rotatable bonds is 3. The standard InChI is InChI=1S/C17H24N4O4/c1-12(16(24)25)21-11-17(5-3-14(21)22)6-9-20(10-7-17)15(23)13-4-8-18-19(13)2/h4,8,12H,3,5-7,9-11H2,1-2H3,(H,24,25)/t12-/m1/s1. The number of hydrogen-bond acceptors (Lipinski definition) is 4. The Labute approximate surface area is 146 Å². The maximum absolute atomic E-state index is 12.6. The summed E-state index contributed by atoms with van der Waals surface area (Å²) in [5.41, 5.74) is 0.483. The lowest BCUT2D eigenvalue weighted by Crippen LogP contribution is -2.56. The molecule has 2 aliphatic rings. The summed E-state index contributed by atoms with van der Waals surface area (Å²) in [7, 11) is 1.75. The van der Waals surface area contributed by atoms with E-state index in [9.17, 15) is 19.5 Å². The summed E-state index contributed by atoms with van der Waals surface area (Å²) in [5.74, 6) is -1.10. The van der Waals surface area contributed by atoms with Crippen LogP contribution in [-0.4, -0.2) is 68.1 Å². The summed E-state index contributed by atoms with van der Waals surface area (Å²) >= 11 is 0. The van der Waals surface area contributed by atoms with Crippen molar-refractivity contribution in [1.82, 2.24) is 19.6 Å². The molecule has 8 nitrogen and oxygen atoms in total. The molecule has 1 aromatic rings. The second kappa shape index (κ2) is 6.50. The zero-order chi connectivity index (χ0) is 18.2. The normalized spacial score (nSPS) is 21.4. The molecule has 0 radical (unpaired) electrons. The molecule has 2 aliphatic heterocycles. The van der Waals surface area contributed by atoms with Gasteiger partial charge in [-0.05, 0) is 37.7 Å². The third kappa shape index (κ3) is 3.25. The molecule has 1 atom stereocenters. The van der Waals surface area contributed by atoms with Crippen LogP contribution in [0.3, 0.4) is 0 Å². The third-order valence-electron chi connectivity index (χ3n) is 5.67. The number of nitrogens with zero attached hydrogens (tertiary/aromatic N) is 4. The van der Waals surface area contributed by atoms with Gasteiger partial charge in [0.15, 0.2) is 0 Å². The highest BCUT2D eigenvalue weighted by atomic mass is 16.4. The van der Waals surface area contributed by atoms with E-state index < -0.39 is 12.0 Å². The Morgan fingerprint density at radius 3 is 2.52 bits per heavy atom. The minimum absolute atomic E-state index is 0.0301. The predicted molar refractivity (Wildman–Crippen MR) is 88.8 cm³/mol. The summed E-state index contributed by atoms with van der Waals surface area (Å²) in [4.78, 5) is 39.3. The maximum Gasteiger partial charge on any atom is 0.326 e. The molecule has 1 spiro atoms. The van der Waals surface area contributed by atoms with Gasteiger partial charge in [0.25, 0.3) is 5.91 Å². The first-order valence-electron chi connectivity index (χ1n) is 8.62. The highest BCUT2D eigenvalue weighted by molar-refractivity contribution is 5.92. The Hall–Kier alpha value is -2.38. The minimum Gasteiger partial charge on any atom is -0.480 e. The van der Waals surface area contributed by atoms with Crippen LogP contribution in [0.2, 0.25) is 0 Å². The first-order valence-corrected chi connectivity index (χ1v) is 8.62. The Kier molecular flexibility index (Phi) is 4.53. The van der Waals surface area contributed by atoms with Crippen LogP contribution in [0.5, 0.6) is 0 Å². The number of carboxylic acids is 1. The van der Waals surface area contributed by atoms with E-state index in [0.717, 1.165) is 19.3 Å². The predicted octanol–water partition coefficient (Wildman–Crippen LogP) is 0.738. The van der Waals surface area contributed by atoms with Crippen molar-refractivity contribution in [2.24, 2.45) is 12.5 Å². The summed E-state index contributed by atoms with van der Waals surface area (Å²) in [5, 5.41) is 13.3. The second-order valence-corrected chi connectivity index (χ2v) is 7.17. The van der Waals surface area contributed by atoms with E-state index in [1.807, 2.05) is 4.90 Å². The Morgan fingerprint density at radius 1 is 1.28 bits per heavy atom. The summed E-state index contributed by atoms with van der Waals surface area (Å²) < 4.78 is 1.57. The largest absolute Gasteiger partial charge is 0.480 e. The Bertz CT molecular complexity index is 691. The zero-order valence-electron chi connectivity index (χ0n) is 14.6. The van der Waals surface area contributed by atoms with Gasteiger partial charge in [0.2, 0.25) is 5.91 Å². The van der Waals surface area contributed by atoms with Gasteiger partial charge in [0.1, 0.15) is 11.7 Å². The number of piperidine rings is 2. The van der Waals surface area contributed by atoms with Crippen LogP contribution in [0.4, 0.5) is 0 Å². The van der Waals surface area contributed by atoms with Gasteiger partial charge in [-0.3, -0.25) is 14.3 Å². The molecule has 2 saturated heterocycles. The van der Waals surface area contributed by atoms with Crippen molar-refractivity contribution in [2.45, 2.75) is 38.6 Å². The second-order valence-electron chi connectivity index (χ2n) is 7.17. The van der Waals surface area contributed by atoms with Gasteiger partial charge in [-0.2, -0.15) is 5.10 Å². The van der Waals surface area contributed by atoms with Crippen LogP contribution in [0.25, 0.3) is 0 Å². The van der Waals surface area contributed by atoms with Gasteiger partial charge in [0, 0.05) is 39.3 Å². The number of likely N-dealkylation sites (tertiary alicyclic amines) is 2. The van der Waals surface area contributed by atoms with Crippen LogP contribution in [0.15, 0.2) is 12.3 Å². The molecule has 25 heavy (non-hydrogen) atoms. The van der Waals surface area contributed by atoms with Crippen molar-refractivity contribution in [3.63, 3.8) is 0 Å². The van der Waals surface area contributed by atoms with Crippen LogP contribution in [0.1, 0.15) is 43.1 Å². The lowest BCUT2D eigenvalue weighted by molar-refractivity contribution is -0.154. The number of carboxylic acid groups (broad SMARTS) is 1. The number of amides is 2. The number of aromatic nitrogens is 2. The molecule has 3 rings (SSSR count). The smallest absolute Gasteiger partial charge is 0.326 e. The van der Waals surface area contributed by atoms with Crippen molar-refractivity contribution in [3.05, 3.63) is 18.0 Å². The molecule has 1 N–H and O–H groups in total. The average molecular weight is 348 g/mol. The van der Waals surface area contributed by atoms with E-state index >= 15 is 0 Å². The fourth-order valence-electron chi connectivity index (χ4n) is 3.87. The molecule has 8 heteroatoms. The lowest BCUT2D eigenvalue weighted by Gasteiger charge is -2.48. The van der Waals surface area contributed by atoms with Gasteiger partial charge in [0.05, 0.1) is 0 Å². The topological polar surface area (TPSA) is 95.7 Å². The number of hydrogen-bond donors (Lipinski definition) is 1. The monoisotopic (exact) mass is 348 g/mol. The summed E-state index contributed by atoms with van der Waals surface area (Å²) in [6, 6.07) is 0.904. The summed E-state index contributed by atoms with van der Waals surface area (Å²) in [6.07, 6.45) is 4.33. The molecule has 0 bridgehead atoms. The first-order chi connectivity index (χ1) is 11.8. The Balaban J connectivity index is 1.66. The molecule has 1 aromatic heterocycles. The number of carbonyl (C=O) groups is 3. The van der Waals surface area contributed by atoms with Crippen molar-refractivity contribution < 1.29 is 19.5 Å². The van der Waals surface area contributed by atoms with Crippen LogP contribution in [0, 0.1) is 5.41 Å². The van der Waals surface area contributed by atoms with Gasteiger partial charge >= 0.3 is 5.97 Å². The van der Waals surface area contributed by atoms with Gasteiger partial charge in [-0.1, -0.05) is 0 Å². The van der Waals surface area contributed by atoms with E-state index in [1.54, 1.807) is 30.9 Å². The van der Waals surface area contributed by atoms with Crippen molar-refractivity contribution in [1.29, 1.82) is 0 Å². The average Bonchev–Trinajstić information content (AvgIpc) is 3.02. The van der Waals surface area contributed by atoms with Gasteiger partial charge < -0.3 is 14.9 Å². The van der Waals surface area contributed by atoms with Crippen molar-refractivity contribution >= 4 is 17.8 Å². The van der Waals surface area contributed by atoms with Gasteiger partial charge in [-0.25, -0.2) is 4.79 Å². The van der Waals surface area contributed by atoms with Crippen molar-refractivity contribution in [2.75, 3.05) is 19.6 Å². The lowest BCUT2D eigenvalue weighted by atomic mass is 9.72. The van der Waals surface area contributed by atoms with Crippen LogP contribution >= 0.6 is 0 Å². The minimum atomic E-state index is -0.978. The molecule has 0 aromatic carbocycles. The van der Waals surface area contributed by atoms with E-state index in [1.165, 1.54) is 4.90 Å². The highest BCUT2D eigenvalue weighted by Gasteiger charge is 2.44. The number of aryl methyl sites for hydroxylation is 1. The molecule has 2 amide bonds. The Morgan fingerprint density at radius 2 is 1.96 bits per heavy atom. The fourth-order valence-corrected chi connectivity index (χ4v) is 3.87. The van der Waals surface area contributed by atoms with Crippen LogP contribution in [-0.2, 0) is 16.6 Å². The molecular weight excluding hydrogens is 324 g/mol. The zero-order valence-corrected chi connectivity index (χ0v) is 14.6. The molecule has 136 valence electrons.